The molecule has 2 aliphatic rings. The average molecular weight is 515 g/mol. The normalized spacial score (nSPS) is 23.2. The van der Waals surface area contributed by atoms with E-state index in [1.54, 1.807) is 6.92 Å². The summed E-state index contributed by atoms with van der Waals surface area (Å²) in [5, 5.41) is 9.88. The minimum atomic E-state index is -4.55. The third-order valence-corrected chi connectivity index (χ3v) is 7.43. The zero-order valence-electron chi connectivity index (χ0n) is 20.3. The van der Waals surface area contributed by atoms with Gasteiger partial charge in [-0.25, -0.2) is 8.78 Å². The number of hydrogen-bond acceptors (Lipinski definition) is 3. The molecule has 0 aliphatic carbocycles. The fourth-order valence-corrected chi connectivity index (χ4v) is 5.73. The molecule has 2 aromatic carbocycles. The first-order valence-corrected chi connectivity index (χ1v) is 12.5. The molecule has 2 heterocycles. The van der Waals surface area contributed by atoms with E-state index in [0.717, 1.165) is 30.8 Å². The van der Waals surface area contributed by atoms with Gasteiger partial charge in [-0.2, -0.15) is 13.2 Å². The van der Waals surface area contributed by atoms with Gasteiger partial charge in [0.1, 0.15) is 17.4 Å². The number of phenolic OH excluding ortho intramolecular Hbond substituents is 1. The first-order valence-electron chi connectivity index (χ1n) is 12.5. The molecule has 1 unspecified atom stereocenters. The predicted octanol–water partition coefficient (Wildman–Crippen LogP) is 6.18. The molecule has 9 heteroatoms. The van der Waals surface area contributed by atoms with Crippen LogP contribution in [0.4, 0.5) is 26.3 Å². The highest BCUT2D eigenvalue weighted by molar-refractivity contribution is 5.45. The summed E-state index contributed by atoms with van der Waals surface area (Å²) in [6, 6.07) is 4.79. The van der Waals surface area contributed by atoms with Crippen LogP contribution >= 0.6 is 0 Å². The standard InChI is InChI=1S/C27H32F6N2O/c1-17-11-20-14-21(36)5-6-22(20)26(35(17)16-27(31,32)33)25-23(29)12-19(13-24(25)30)4-3-18-7-10-34(15-18)9-2-8-28/h5-6,12-14,17-18,26,36H,2-4,7-11,15-16H2,1H3/t17-,18?,26+/m1/s1. The molecule has 1 saturated heterocycles. The van der Waals surface area contributed by atoms with Crippen molar-refractivity contribution < 1.29 is 31.4 Å². The Bertz CT molecular complexity index is 1040. The van der Waals surface area contributed by atoms with Gasteiger partial charge in [0.05, 0.1) is 19.3 Å². The molecule has 3 atom stereocenters. The number of benzene rings is 2. The molecule has 1 fully saturated rings. The highest BCUT2D eigenvalue weighted by Gasteiger charge is 2.42. The van der Waals surface area contributed by atoms with Gasteiger partial charge in [-0.05, 0) is 92.4 Å². The first kappa shape index (κ1) is 26.8. The molecule has 4 rings (SSSR count). The van der Waals surface area contributed by atoms with Crippen LogP contribution in [-0.2, 0) is 12.8 Å². The molecule has 1 N–H and O–H groups in total. The maximum atomic E-state index is 15.5. The predicted molar refractivity (Wildman–Crippen MR) is 126 cm³/mol. The summed E-state index contributed by atoms with van der Waals surface area (Å²) in [5.41, 5.74) is 1.00. The second kappa shape index (κ2) is 11.0. The summed E-state index contributed by atoms with van der Waals surface area (Å²) >= 11 is 0. The van der Waals surface area contributed by atoms with E-state index in [1.807, 2.05) is 0 Å². The SMILES string of the molecule is C[C@@H]1Cc2cc(O)ccc2[C@@H](c2c(F)cc(CCC3CCN(CCCF)C3)cc2F)N1CC(F)(F)F. The van der Waals surface area contributed by atoms with Gasteiger partial charge in [-0.15, -0.1) is 0 Å². The number of halogens is 6. The van der Waals surface area contributed by atoms with Gasteiger partial charge in [0.2, 0.25) is 0 Å². The maximum absolute atomic E-state index is 15.5. The van der Waals surface area contributed by atoms with Gasteiger partial charge in [0.15, 0.2) is 0 Å². The molecular weight excluding hydrogens is 482 g/mol. The van der Waals surface area contributed by atoms with E-state index in [0.29, 0.717) is 42.0 Å². The lowest BCUT2D eigenvalue weighted by Crippen LogP contribution is -2.47. The van der Waals surface area contributed by atoms with Crippen molar-refractivity contribution in [2.24, 2.45) is 5.92 Å². The number of aromatic hydroxyl groups is 1. The van der Waals surface area contributed by atoms with E-state index < -0.39 is 42.0 Å². The smallest absolute Gasteiger partial charge is 0.401 e. The third-order valence-electron chi connectivity index (χ3n) is 7.43. The Morgan fingerprint density at radius 3 is 2.47 bits per heavy atom. The van der Waals surface area contributed by atoms with E-state index in [1.165, 1.54) is 30.3 Å². The number of phenols is 1. The largest absolute Gasteiger partial charge is 0.508 e. The summed E-state index contributed by atoms with van der Waals surface area (Å²) in [6.45, 7) is 2.36. The Labute approximate surface area is 207 Å². The quantitative estimate of drug-likeness (QED) is 0.426. The minimum Gasteiger partial charge on any atom is -0.508 e. The molecule has 0 amide bonds. The summed E-state index contributed by atoms with van der Waals surface area (Å²) in [6.07, 6.45) is -1.70. The Kier molecular flexibility index (Phi) is 8.19. The summed E-state index contributed by atoms with van der Waals surface area (Å²) < 4.78 is 83.7. The van der Waals surface area contributed by atoms with Gasteiger partial charge in [0, 0.05) is 24.7 Å². The van der Waals surface area contributed by atoms with Crippen LogP contribution in [0.1, 0.15) is 54.5 Å². The number of rotatable bonds is 8. The molecule has 3 nitrogen and oxygen atoms in total. The summed E-state index contributed by atoms with van der Waals surface area (Å²) in [4.78, 5) is 3.29. The van der Waals surface area contributed by atoms with Crippen LogP contribution in [0, 0.1) is 17.6 Å². The van der Waals surface area contributed by atoms with Gasteiger partial charge in [-0.1, -0.05) is 6.07 Å². The van der Waals surface area contributed by atoms with E-state index in [2.05, 4.69) is 4.90 Å². The second-order valence-electron chi connectivity index (χ2n) is 10.1. The number of hydrogen-bond donors (Lipinski definition) is 1. The van der Waals surface area contributed by atoms with Crippen LogP contribution < -0.4 is 0 Å². The third kappa shape index (κ3) is 6.17. The van der Waals surface area contributed by atoms with E-state index in [-0.39, 0.29) is 18.8 Å². The Balaban J connectivity index is 1.59. The molecule has 198 valence electrons. The van der Waals surface area contributed by atoms with Gasteiger partial charge < -0.3 is 10.0 Å². The molecular formula is C27H32F6N2O. The number of aryl methyl sites for hydroxylation is 1. The van der Waals surface area contributed by atoms with Crippen molar-refractivity contribution in [3.05, 3.63) is 64.2 Å². The van der Waals surface area contributed by atoms with Crippen LogP contribution in [0.25, 0.3) is 0 Å². The fourth-order valence-electron chi connectivity index (χ4n) is 5.73. The van der Waals surface area contributed by atoms with Crippen molar-refractivity contribution in [3.63, 3.8) is 0 Å². The van der Waals surface area contributed by atoms with Gasteiger partial charge in [0.25, 0.3) is 0 Å². The lowest BCUT2D eigenvalue weighted by atomic mass is 9.84. The van der Waals surface area contributed by atoms with Crippen molar-refractivity contribution in [1.82, 2.24) is 9.80 Å². The first-order chi connectivity index (χ1) is 17.1. The molecule has 2 aromatic rings. The Morgan fingerprint density at radius 2 is 1.81 bits per heavy atom. The molecule has 0 radical (unpaired) electrons. The second-order valence-corrected chi connectivity index (χ2v) is 10.1. The molecule has 0 bridgehead atoms. The maximum Gasteiger partial charge on any atom is 0.401 e. The zero-order chi connectivity index (χ0) is 26.0. The fraction of sp³-hybridized carbons (Fsp3) is 0.556. The van der Waals surface area contributed by atoms with Crippen molar-refractivity contribution in [1.29, 1.82) is 0 Å². The lowest BCUT2D eigenvalue weighted by molar-refractivity contribution is -0.155. The van der Waals surface area contributed by atoms with E-state index >= 15 is 8.78 Å². The van der Waals surface area contributed by atoms with Gasteiger partial charge >= 0.3 is 6.18 Å². The number of nitrogens with zero attached hydrogens (tertiary/aromatic N) is 2. The summed E-state index contributed by atoms with van der Waals surface area (Å²) in [5.74, 6) is -1.43. The van der Waals surface area contributed by atoms with E-state index in [9.17, 15) is 22.7 Å². The highest BCUT2D eigenvalue weighted by atomic mass is 19.4. The lowest BCUT2D eigenvalue weighted by Gasteiger charge is -2.42. The molecule has 0 spiro atoms. The zero-order valence-corrected chi connectivity index (χ0v) is 20.3. The van der Waals surface area contributed by atoms with Crippen molar-refractivity contribution in [3.8, 4) is 5.75 Å². The molecule has 0 aromatic heterocycles. The topological polar surface area (TPSA) is 26.7 Å². The van der Waals surface area contributed by atoms with Crippen LogP contribution in [0.3, 0.4) is 0 Å². The van der Waals surface area contributed by atoms with Crippen LogP contribution in [0.15, 0.2) is 30.3 Å². The van der Waals surface area contributed by atoms with Crippen LogP contribution in [-0.4, -0.2) is 60.0 Å². The van der Waals surface area contributed by atoms with Gasteiger partial charge in [-0.3, -0.25) is 9.29 Å². The van der Waals surface area contributed by atoms with Crippen LogP contribution in [0.5, 0.6) is 5.75 Å². The minimum absolute atomic E-state index is 0.0459. The number of likely N-dealkylation sites (tertiary alicyclic amines) is 1. The number of alkyl halides is 4. The number of fused-ring (bicyclic) bond motifs is 1. The molecule has 0 saturated carbocycles. The van der Waals surface area contributed by atoms with Crippen molar-refractivity contribution in [2.75, 3.05) is 32.9 Å². The van der Waals surface area contributed by atoms with E-state index in [4.69, 9.17) is 0 Å². The Morgan fingerprint density at radius 1 is 1.08 bits per heavy atom. The Hall–Kier alpha value is -2.26. The van der Waals surface area contributed by atoms with Crippen molar-refractivity contribution >= 4 is 0 Å². The molecule has 36 heavy (non-hydrogen) atoms. The summed E-state index contributed by atoms with van der Waals surface area (Å²) in [7, 11) is 0. The van der Waals surface area contributed by atoms with Crippen molar-refractivity contribution in [2.45, 2.75) is 57.3 Å². The molecule has 2 aliphatic heterocycles. The highest BCUT2D eigenvalue weighted by Crippen LogP contribution is 2.42. The monoisotopic (exact) mass is 514 g/mol. The van der Waals surface area contributed by atoms with Crippen LogP contribution in [0.2, 0.25) is 0 Å². The average Bonchev–Trinajstić information content (AvgIpc) is 3.24.